The summed E-state index contributed by atoms with van der Waals surface area (Å²) in [6, 6.07) is 10.7. The Morgan fingerprint density at radius 3 is 2.64 bits per heavy atom. The molecule has 4 aromatic rings. The maximum atomic E-state index is 14.2. The van der Waals surface area contributed by atoms with Gasteiger partial charge in [-0.15, -0.1) is 0 Å². The number of para-hydroxylation sites is 1. The summed E-state index contributed by atoms with van der Waals surface area (Å²) in [6.45, 7) is 9.93. The number of hydrogen-bond donors (Lipinski definition) is 1. The highest BCUT2D eigenvalue weighted by molar-refractivity contribution is 7.17. The summed E-state index contributed by atoms with van der Waals surface area (Å²) in [7, 11) is 1.49. The van der Waals surface area contributed by atoms with E-state index in [0.717, 1.165) is 30.6 Å². The van der Waals surface area contributed by atoms with E-state index in [-0.39, 0.29) is 27.9 Å². The van der Waals surface area contributed by atoms with Crippen molar-refractivity contribution >= 4 is 45.1 Å². The van der Waals surface area contributed by atoms with E-state index in [1.165, 1.54) is 24.2 Å². The zero-order valence-corrected chi connectivity index (χ0v) is 27.5. The van der Waals surface area contributed by atoms with Gasteiger partial charge in [-0.25, -0.2) is 9.78 Å². The van der Waals surface area contributed by atoms with Crippen LogP contribution in [0.2, 0.25) is 0 Å². The Balaban J connectivity index is 1.62. The molecule has 1 aliphatic rings. The molecule has 2 aromatic heterocycles. The molecule has 11 nitrogen and oxygen atoms in total. The number of anilines is 1. The van der Waals surface area contributed by atoms with E-state index in [1.807, 2.05) is 6.92 Å². The Bertz CT molecular complexity index is 1850. The Kier molecular flexibility index (Phi) is 10.3. The highest BCUT2D eigenvalue weighted by Crippen LogP contribution is 2.46. The normalized spacial score (nSPS) is 14.5. The molecule has 0 spiro atoms. The lowest BCUT2D eigenvalue weighted by atomic mass is 9.95. The molecule has 3 heterocycles. The van der Waals surface area contributed by atoms with Crippen molar-refractivity contribution < 1.29 is 42.9 Å². The maximum absolute atomic E-state index is 14.2. The van der Waals surface area contributed by atoms with E-state index in [1.54, 1.807) is 43.3 Å². The number of carbonyl (C=O) groups is 3. The van der Waals surface area contributed by atoms with Crippen LogP contribution in [0.3, 0.4) is 0 Å². The lowest BCUT2D eigenvalue weighted by Gasteiger charge is -2.25. The smallest absolute Gasteiger partial charge is 0.350 e. The van der Waals surface area contributed by atoms with Gasteiger partial charge >= 0.3 is 5.97 Å². The summed E-state index contributed by atoms with van der Waals surface area (Å²) in [6.07, 6.45) is 4.37. The molecule has 12 heteroatoms. The summed E-state index contributed by atoms with van der Waals surface area (Å²) in [5.41, 5.74) is 0.876. The molecule has 1 N–H and O–H groups in total. The molecule has 0 saturated carbocycles. The topological polar surface area (TPSA) is 138 Å². The lowest BCUT2D eigenvalue weighted by molar-refractivity contribution is -0.117. The van der Waals surface area contributed by atoms with Gasteiger partial charge in [0.15, 0.2) is 39.5 Å². The number of aliphatic hydroxyl groups is 1. The van der Waals surface area contributed by atoms with Gasteiger partial charge in [-0.3, -0.25) is 14.5 Å². The summed E-state index contributed by atoms with van der Waals surface area (Å²) < 4.78 is 28.5. The largest absolute Gasteiger partial charge is 0.503 e. The first kappa shape index (κ1) is 33.3. The molecule has 5 rings (SSSR count). The van der Waals surface area contributed by atoms with Gasteiger partial charge in [-0.1, -0.05) is 62.0 Å². The highest BCUT2D eigenvalue weighted by Gasteiger charge is 2.47. The molecule has 0 radical (unpaired) electrons. The van der Waals surface area contributed by atoms with Crippen LogP contribution in [-0.4, -0.2) is 54.7 Å². The summed E-state index contributed by atoms with van der Waals surface area (Å²) in [5.74, 6) is -1.75. The third-order valence-electron chi connectivity index (χ3n) is 7.50. The fraction of sp³-hybridized carbons (Fsp3) is 0.314. The third-order valence-corrected chi connectivity index (χ3v) is 8.64. The molecule has 0 saturated heterocycles. The SMILES string of the molecule is C=CCOC(=O)c1sc(N2C(=O)C(O)=C(C(=O)c3cc4cccc(OC)c4o3)C2c2ccc(OCCCCC)c(OCC)c2)nc1C. The Morgan fingerprint density at radius 1 is 1.11 bits per heavy atom. The molecule has 1 atom stereocenters. The number of thiazole rings is 1. The minimum absolute atomic E-state index is 0.00682. The second-order valence-electron chi connectivity index (χ2n) is 10.7. The number of methoxy groups -OCH3 is 1. The number of aliphatic hydroxyl groups excluding tert-OH is 1. The Labute approximate surface area is 276 Å². The fourth-order valence-electron chi connectivity index (χ4n) is 5.28. The molecular weight excluding hydrogens is 624 g/mol. The number of fused-ring (bicyclic) bond motifs is 1. The number of aryl methyl sites for hydroxylation is 1. The van der Waals surface area contributed by atoms with Crippen LogP contribution in [0.15, 0.2) is 70.9 Å². The van der Waals surface area contributed by atoms with Gasteiger partial charge in [-0.2, -0.15) is 0 Å². The van der Waals surface area contributed by atoms with Crippen molar-refractivity contribution in [1.29, 1.82) is 0 Å². The molecule has 246 valence electrons. The van der Waals surface area contributed by atoms with Crippen molar-refractivity contribution in [1.82, 2.24) is 4.98 Å². The third kappa shape index (κ3) is 6.59. The van der Waals surface area contributed by atoms with Crippen molar-refractivity contribution in [3.8, 4) is 17.2 Å². The highest BCUT2D eigenvalue weighted by atomic mass is 32.1. The quantitative estimate of drug-likeness (QED) is 0.0598. The first-order valence-corrected chi connectivity index (χ1v) is 16.1. The van der Waals surface area contributed by atoms with Crippen molar-refractivity contribution in [3.05, 3.63) is 88.3 Å². The van der Waals surface area contributed by atoms with Crippen LogP contribution in [0.5, 0.6) is 17.2 Å². The van der Waals surface area contributed by atoms with E-state index in [4.69, 9.17) is 23.4 Å². The minimum atomic E-state index is -1.17. The number of nitrogens with zero attached hydrogens (tertiary/aromatic N) is 2. The standard InChI is InChI=1S/C35H36N2O9S/c1-6-9-10-17-44-23-15-14-21(18-25(23)43-8-3)28-27(29(38)26-19-22-12-11-13-24(42-5)31(22)46-26)30(39)33(40)37(28)35-36-20(4)32(47-35)34(41)45-16-7-2/h7,11-15,18-19,28,39H,2,6,8-10,16-17H2,1,3-5H3. The monoisotopic (exact) mass is 660 g/mol. The van der Waals surface area contributed by atoms with Crippen LogP contribution < -0.4 is 19.1 Å². The van der Waals surface area contributed by atoms with E-state index in [2.05, 4.69) is 18.5 Å². The van der Waals surface area contributed by atoms with E-state index in [9.17, 15) is 19.5 Å². The number of ether oxygens (including phenoxy) is 4. The number of hydrogen-bond acceptors (Lipinski definition) is 11. The number of benzene rings is 2. The van der Waals surface area contributed by atoms with Crippen molar-refractivity contribution in [2.75, 3.05) is 31.8 Å². The zero-order chi connectivity index (χ0) is 33.7. The summed E-state index contributed by atoms with van der Waals surface area (Å²) >= 11 is 0.911. The van der Waals surface area contributed by atoms with Gasteiger partial charge in [0.2, 0.25) is 5.78 Å². The van der Waals surface area contributed by atoms with Crippen LogP contribution in [-0.2, 0) is 9.53 Å². The van der Waals surface area contributed by atoms with Gasteiger partial charge in [0.25, 0.3) is 5.91 Å². The first-order chi connectivity index (χ1) is 22.7. The van der Waals surface area contributed by atoms with Crippen LogP contribution in [0.1, 0.15) is 70.6 Å². The minimum Gasteiger partial charge on any atom is -0.503 e. The second-order valence-corrected chi connectivity index (χ2v) is 11.6. The van der Waals surface area contributed by atoms with E-state index >= 15 is 0 Å². The summed E-state index contributed by atoms with van der Waals surface area (Å²) in [5, 5.41) is 12.0. The molecule has 0 aliphatic carbocycles. The first-order valence-electron chi connectivity index (χ1n) is 15.3. The maximum Gasteiger partial charge on any atom is 0.350 e. The molecular formula is C35H36N2O9S. The number of ketones is 1. The molecule has 1 amide bonds. The number of carbonyl (C=O) groups excluding carboxylic acids is 3. The van der Waals surface area contributed by atoms with Crippen LogP contribution in [0, 0.1) is 6.92 Å². The van der Waals surface area contributed by atoms with Crippen molar-refractivity contribution in [2.24, 2.45) is 0 Å². The van der Waals surface area contributed by atoms with Gasteiger partial charge in [-0.05, 0) is 50.1 Å². The van der Waals surface area contributed by atoms with Gasteiger partial charge in [0, 0.05) is 5.39 Å². The van der Waals surface area contributed by atoms with Gasteiger partial charge < -0.3 is 28.5 Å². The molecule has 0 fully saturated rings. The predicted octanol–water partition coefficient (Wildman–Crippen LogP) is 7.30. The number of aromatic nitrogens is 1. The Hall–Kier alpha value is -5.10. The number of unbranched alkanes of at least 4 members (excludes halogenated alkanes) is 2. The zero-order valence-electron chi connectivity index (χ0n) is 26.7. The number of esters is 1. The number of amides is 1. The molecule has 0 bridgehead atoms. The predicted molar refractivity (Wildman–Crippen MR) is 177 cm³/mol. The second kappa shape index (κ2) is 14.5. The summed E-state index contributed by atoms with van der Waals surface area (Å²) in [4.78, 5) is 46.7. The van der Waals surface area contributed by atoms with Crippen LogP contribution in [0.25, 0.3) is 11.0 Å². The van der Waals surface area contributed by atoms with Crippen molar-refractivity contribution in [3.63, 3.8) is 0 Å². The van der Waals surface area contributed by atoms with E-state index < -0.39 is 29.5 Å². The molecule has 1 aliphatic heterocycles. The number of Topliss-reactive ketones (excluding diaryl/α,β-unsaturated/α-hetero) is 1. The molecule has 47 heavy (non-hydrogen) atoms. The van der Waals surface area contributed by atoms with Crippen LogP contribution in [0.4, 0.5) is 5.13 Å². The van der Waals surface area contributed by atoms with Gasteiger partial charge in [0.05, 0.1) is 37.6 Å². The molecule has 1 unspecified atom stereocenters. The molecule has 2 aromatic carbocycles. The number of furan rings is 1. The van der Waals surface area contributed by atoms with Crippen LogP contribution >= 0.6 is 11.3 Å². The Morgan fingerprint density at radius 2 is 1.91 bits per heavy atom. The lowest BCUT2D eigenvalue weighted by Crippen LogP contribution is -2.31. The fourth-order valence-corrected chi connectivity index (χ4v) is 6.27. The average molecular weight is 661 g/mol. The average Bonchev–Trinajstić information content (AvgIpc) is 3.75. The van der Waals surface area contributed by atoms with E-state index in [0.29, 0.717) is 52.7 Å². The van der Waals surface area contributed by atoms with Crippen molar-refractivity contribution in [2.45, 2.75) is 46.1 Å². The van der Waals surface area contributed by atoms with Gasteiger partial charge in [0.1, 0.15) is 11.5 Å². The number of rotatable bonds is 15.